The fourth-order valence-corrected chi connectivity index (χ4v) is 11.5. The summed E-state index contributed by atoms with van der Waals surface area (Å²) in [4.78, 5) is 0. The van der Waals surface area contributed by atoms with Crippen molar-refractivity contribution in [1.82, 2.24) is 4.57 Å². The van der Waals surface area contributed by atoms with Crippen molar-refractivity contribution in [3.05, 3.63) is 163 Å². The van der Waals surface area contributed by atoms with E-state index in [2.05, 4.69) is 162 Å². The summed E-state index contributed by atoms with van der Waals surface area (Å²) in [6.07, 6.45) is 0. The zero-order valence-corrected chi connectivity index (χ0v) is 23.1. The highest BCUT2D eigenvalue weighted by atomic mass is 35.5. The number of benzene rings is 6. The Morgan fingerprint density at radius 3 is 1.44 bits per heavy atom. The average Bonchev–Trinajstić information content (AvgIpc) is 3.33. The first kappa shape index (κ1) is 23.7. The number of fused-ring (bicyclic) bond motifs is 3. The van der Waals surface area contributed by atoms with Gasteiger partial charge in [-0.1, -0.05) is 139 Å². The van der Waals surface area contributed by atoms with Gasteiger partial charge in [0.1, 0.15) is 0 Å². The van der Waals surface area contributed by atoms with Gasteiger partial charge in [0.2, 0.25) is 0 Å². The lowest BCUT2D eigenvalue weighted by atomic mass is 10.1. The van der Waals surface area contributed by atoms with Gasteiger partial charge >= 0.3 is 0 Å². The van der Waals surface area contributed by atoms with Crippen LogP contribution >= 0.6 is 11.6 Å². The van der Waals surface area contributed by atoms with Crippen LogP contribution < -0.4 is 20.7 Å². The molecule has 0 saturated heterocycles. The third kappa shape index (κ3) is 3.76. The third-order valence-electron chi connectivity index (χ3n) is 7.80. The number of rotatable bonds is 5. The average molecular weight is 536 g/mol. The molecule has 0 saturated carbocycles. The number of halogens is 1. The van der Waals surface area contributed by atoms with Crippen molar-refractivity contribution in [2.75, 3.05) is 0 Å². The van der Waals surface area contributed by atoms with Gasteiger partial charge in [0.05, 0.1) is 11.0 Å². The molecule has 6 aromatic carbocycles. The standard InChI is InChI=1S/C36H26ClNSi/c37-33-25-32-31-23-13-14-24-34(31)38(27-15-5-1-6-16-27)35(32)26-36(33)39(28-17-7-2-8-18-28,29-19-9-3-10-20-29)30-21-11-4-12-22-30/h1-26H. The summed E-state index contributed by atoms with van der Waals surface area (Å²) < 4.78 is 2.38. The second kappa shape index (κ2) is 9.74. The molecule has 0 radical (unpaired) electrons. The molecule has 0 unspecified atom stereocenters. The van der Waals surface area contributed by atoms with E-state index in [4.69, 9.17) is 11.6 Å². The molecule has 0 aliphatic rings. The van der Waals surface area contributed by atoms with E-state index in [9.17, 15) is 0 Å². The molecule has 0 fully saturated rings. The highest BCUT2D eigenvalue weighted by molar-refractivity contribution is 7.20. The van der Waals surface area contributed by atoms with Gasteiger partial charge in [-0.3, -0.25) is 0 Å². The predicted octanol–water partition coefficient (Wildman–Crippen LogP) is 6.81. The number of hydrogen-bond acceptors (Lipinski definition) is 0. The Morgan fingerprint density at radius 2 is 0.897 bits per heavy atom. The molecule has 1 nitrogen and oxygen atoms in total. The minimum atomic E-state index is -2.78. The summed E-state index contributed by atoms with van der Waals surface area (Å²) in [5, 5.41) is 8.31. The molecule has 0 bridgehead atoms. The van der Waals surface area contributed by atoms with Gasteiger partial charge in [-0.15, -0.1) is 0 Å². The van der Waals surface area contributed by atoms with Crippen LogP contribution in [0.25, 0.3) is 27.5 Å². The zero-order valence-electron chi connectivity index (χ0n) is 21.3. The van der Waals surface area contributed by atoms with Crippen molar-refractivity contribution >= 4 is 62.2 Å². The second-order valence-electron chi connectivity index (χ2n) is 9.89. The summed E-state index contributed by atoms with van der Waals surface area (Å²) in [5.74, 6) is 0. The fourth-order valence-electron chi connectivity index (χ4n) is 6.16. The number of para-hydroxylation sites is 2. The molecule has 39 heavy (non-hydrogen) atoms. The summed E-state index contributed by atoms with van der Waals surface area (Å²) in [7, 11) is -2.78. The van der Waals surface area contributed by atoms with Gasteiger partial charge in [0.25, 0.3) is 0 Å². The predicted molar refractivity (Wildman–Crippen MR) is 169 cm³/mol. The Balaban J connectivity index is 1.67. The van der Waals surface area contributed by atoms with Crippen molar-refractivity contribution in [2.45, 2.75) is 0 Å². The topological polar surface area (TPSA) is 4.93 Å². The van der Waals surface area contributed by atoms with Crippen LogP contribution in [0.4, 0.5) is 0 Å². The van der Waals surface area contributed by atoms with E-state index >= 15 is 0 Å². The molecule has 186 valence electrons. The molecular weight excluding hydrogens is 510 g/mol. The van der Waals surface area contributed by atoms with E-state index in [0.29, 0.717) is 0 Å². The van der Waals surface area contributed by atoms with Crippen molar-refractivity contribution in [3.8, 4) is 5.69 Å². The quantitative estimate of drug-likeness (QED) is 0.168. The Kier molecular flexibility index (Phi) is 5.92. The molecule has 0 aliphatic heterocycles. The van der Waals surface area contributed by atoms with Crippen LogP contribution in [-0.2, 0) is 0 Å². The normalized spacial score (nSPS) is 11.7. The number of aromatic nitrogens is 1. The van der Waals surface area contributed by atoms with E-state index in [1.54, 1.807) is 0 Å². The van der Waals surface area contributed by atoms with Crippen LogP contribution in [0.1, 0.15) is 0 Å². The van der Waals surface area contributed by atoms with Crippen LogP contribution in [0.15, 0.2) is 158 Å². The molecule has 3 heteroatoms. The van der Waals surface area contributed by atoms with Gasteiger partial charge in [-0.25, -0.2) is 0 Å². The van der Waals surface area contributed by atoms with Gasteiger partial charge in [-0.05, 0) is 51.1 Å². The van der Waals surface area contributed by atoms with Crippen molar-refractivity contribution < 1.29 is 0 Å². The summed E-state index contributed by atoms with van der Waals surface area (Å²) >= 11 is 7.42. The molecule has 1 aromatic heterocycles. The molecule has 0 atom stereocenters. The lowest BCUT2D eigenvalue weighted by Gasteiger charge is -2.35. The summed E-state index contributed by atoms with van der Waals surface area (Å²) in [5.41, 5.74) is 3.49. The second-order valence-corrected chi connectivity index (χ2v) is 14.1. The monoisotopic (exact) mass is 535 g/mol. The molecule has 0 spiro atoms. The fraction of sp³-hybridized carbons (Fsp3) is 0. The summed E-state index contributed by atoms with van der Waals surface area (Å²) in [6, 6.07) is 56.7. The first-order chi connectivity index (χ1) is 19.3. The van der Waals surface area contributed by atoms with Crippen LogP contribution in [-0.4, -0.2) is 12.6 Å². The van der Waals surface area contributed by atoms with Crippen LogP contribution in [0, 0.1) is 0 Å². The van der Waals surface area contributed by atoms with Crippen LogP contribution in [0.5, 0.6) is 0 Å². The highest BCUT2D eigenvalue weighted by Crippen LogP contribution is 2.33. The molecule has 0 amide bonds. The first-order valence-corrected chi connectivity index (χ1v) is 15.6. The maximum atomic E-state index is 7.42. The van der Waals surface area contributed by atoms with E-state index in [1.807, 2.05) is 0 Å². The lowest BCUT2D eigenvalue weighted by Crippen LogP contribution is -2.75. The van der Waals surface area contributed by atoms with Crippen LogP contribution in [0.2, 0.25) is 5.02 Å². The number of hydrogen-bond donors (Lipinski definition) is 0. The minimum absolute atomic E-state index is 0.807. The Morgan fingerprint density at radius 1 is 0.436 bits per heavy atom. The molecular formula is C36H26ClNSi. The maximum absolute atomic E-state index is 7.42. The highest BCUT2D eigenvalue weighted by Gasteiger charge is 2.43. The Labute approximate surface area is 234 Å². The van der Waals surface area contributed by atoms with E-state index < -0.39 is 8.07 Å². The lowest BCUT2D eigenvalue weighted by molar-refractivity contribution is 1.18. The Hall–Kier alpha value is -4.37. The SMILES string of the molecule is Clc1cc2c3ccccc3n(-c3ccccc3)c2cc1[Si](c1ccccc1)(c1ccccc1)c1ccccc1. The first-order valence-electron chi connectivity index (χ1n) is 13.2. The van der Waals surface area contributed by atoms with Gasteiger partial charge < -0.3 is 4.57 Å². The van der Waals surface area contributed by atoms with Gasteiger partial charge in [-0.2, -0.15) is 0 Å². The van der Waals surface area contributed by atoms with E-state index in [1.165, 1.54) is 42.6 Å². The molecule has 1 heterocycles. The summed E-state index contributed by atoms with van der Waals surface area (Å²) in [6.45, 7) is 0. The smallest absolute Gasteiger partial charge is 0.181 e. The van der Waals surface area contributed by atoms with Crippen molar-refractivity contribution in [3.63, 3.8) is 0 Å². The third-order valence-corrected chi connectivity index (χ3v) is 13.1. The molecule has 0 aliphatic carbocycles. The van der Waals surface area contributed by atoms with E-state index in [0.717, 1.165) is 10.7 Å². The van der Waals surface area contributed by atoms with Crippen molar-refractivity contribution in [2.24, 2.45) is 0 Å². The molecule has 7 aromatic rings. The number of nitrogens with zero attached hydrogens (tertiary/aromatic N) is 1. The maximum Gasteiger partial charge on any atom is 0.181 e. The minimum Gasteiger partial charge on any atom is -0.309 e. The zero-order chi connectivity index (χ0) is 26.2. The van der Waals surface area contributed by atoms with Crippen LogP contribution in [0.3, 0.4) is 0 Å². The van der Waals surface area contributed by atoms with Crippen molar-refractivity contribution in [1.29, 1.82) is 0 Å². The van der Waals surface area contributed by atoms with Gasteiger partial charge in [0.15, 0.2) is 8.07 Å². The largest absolute Gasteiger partial charge is 0.309 e. The molecule has 7 rings (SSSR count). The van der Waals surface area contributed by atoms with E-state index in [-0.39, 0.29) is 0 Å². The van der Waals surface area contributed by atoms with Gasteiger partial charge in [0, 0.05) is 21.5 Å². The Bertz CT molecular complexity index is 1800. The molecule has 0 N–H and O–H groups in total.